The van der Waals surface area contributed by atoms with Crippen LogP contribution >= 0.6 is 11.8 Å². The van der Waals surface area contributed by atoms with E-state index in [1.54, 1.807) is 16.8 Å². The summed E-state index contributed by atoms with van der Waals surface area (Å²) in [5, 5.41) is 0. The quantitative estimate of drug-likeness (QED) is 0.859. The number of carbonyl (C=O) groups is 2. The summed E-state index contributed by atoms with van der Waals surface area (Å²) >= 11 is 1.52. The average molecular weight is 340 g/mol. The SMILES string of the molecule is Cc1ccc(CN(C)C(=O)CN2C(=O)CSc3ccccc32)cc1. The lowest BCUT2D eigenvalue weighted by atomic mass is 10.1. The Morgan fingerprint density at radius 2 is 1.88 bits per heavy atom. The van der Waals surface area contributed by atoms with Crippen LogP contribution < -0.4 is 4.90 Å². The van der Waals surface area contributed by atoms with E-state index in [2.05, 4.69) is 0 Å². The molecule has 2 aromatic rings. The molecule has 3 rings (SSSR count). The van der Waals surface area contributed by atoms with Gasteiger partial charge in [0.1, 0.15) is 6.54 Å². The van der Waals surface area contributed by atoms with Gasteiger partial charge in [0, 0.05) is 18.5 Å². The molecule has 0 saturated heterocycles. The van der Waals surface area contributed by atoms with Crippen molar-refractivity contribution in [2.75, 3.05) is 24.2 Å². The number of likely N-dealkylation sites (N-methyl/N-ethyl adjacent to an activating group) is 1. The number of para-hydroxylation sites is 1. The van der Waals surface area contributed by atoms with Crippen molar-refractivity contribution in [3.63, 3.8) is 0 Å². The first-order valence-corrected chi connectivity index (χ1v) is 8.85. The molecular weight excluding hydrogens is 320 g/mol. The highest BCUT2D eigenvalue weighted by atomic mass is 32.2. The van der Waals surface area contributed by atoms with E-state index in [-0.39, 0.29) is 18.4 Å². The summed E-state index contributed by atoms with van der Waals surface area (Å²) < 4.78 is 0. The molecule has 1 aliphatic rings. The molecule has 1 heterocycles. The maximum atomic E-state index is 12.6. The Labute approximate surface area is 146 Å². The molecule has 0 radical (unpaired) electrons. The van der Waals surface area contributed by atoms with E-state index in [9.17, 15) is 9.59 Å². The summed E-state index contributed by atoms with van der Waals surface area (Å²) in [6, 6.07) is 15.8. The third kappa shape index (κ3) is 3.62. The average Bonchev–Trinajstić information content (AvgIpc) is 2.59. The van der Waals surface area contributed by atoms with E-state index < -0.39 is 0 Å². The zero-order chi connectivity index (χ0) is 17.1. The minimum Gasteiger partial charge on any atom is -0.340 e. The summed E-state index contributed by atoms with van der Waals surface area (Å²) in [5.74, 6) is 0.299. The molecule has 0 atom stereocenters. The molecule has 0 aromatic heterocycles. The fourth-order valence-corrected chi connectivity index (χ4v) is 3.57. The molecule has 124 valence electrons. The summed E-state index contributed by atoms with van der Waals surface area (Å²) in [6.45, 7) is 2.66. The van der Waals surface area contributed by atoms with Crippen LogP contribution in [0, 0.1) is 6.92 Å². The monoisotopic (exact) mass is 340 g/mol. The van der Waals surface area contributed by atoms with E-state index in [1.807, 2.05) is 55.5 Å². The molecule has 2 amide bonds. The van der Waals surface area contributed by atoms with E-state index in [4.69, 9.17) is 0 Å². The van der Waals surface area contributed by atoms with Gasteiger partial charge < -0.3 is 9.80 Å². The van der Waals surface area contributed by atoms with Crippen LogP contribution in [-0.4, -0.2) is 36.1 Å². The number of nitrogens with zero attached hydrogens (tertiary/aromatic N) is 2. The fourth-order valence-electron chi connectivity index (χ4n) is 2.64. The number of thioether (sulfide) groups is 1. The lowest BCUT2D eigenvalue weighted by molar-refractivity contribution is -0.130. The Balaban J connectivity index is 1.70. The fraction of sp³-hybridized carbons (Fsp3) is 0.263. The van der Waals surface area contributed by atoms with E-state index in [1.165, 1.54) is 17.3 Å². The van der Waals surface area contributed by atoms with Gasteiger partial charge in [-0.2, -0.15) is 0 Å². The normalized spacial score (nSPS) is 13.6. The maximum Gasteiger partial charge on any atom is 0.242 e. The van der Waals surface area contributed by atoms with E-state index >= 15 is 0 Å². The lowest BCUT2D eigenvalue weighted by Gasteiger charge is -2.30. The second kappa shape index (κ2) is 7.09. The van der Waals surface area contributed by atoms with Crippen LogP contribution in [0.1, 0.15) is 11.1 Å². The number of amides is 2. The molecular formula is C19H20N2O2S. The lowest BCUT2D eigenvalue weighted by Crippen LogP contribution is -2.43. The zero-order valence-electron chi connectivity index (χ0n) is 13.9. The predicted molar refractivity (Wildman–Crippen MR) is 97.2 cm³/mol. The Bertz CT molecular complexity index is 758. The van der Waals surface area contributed by atoms with Crippen LogP contribution in [0.4, 0.5) is 5.69 Å². The topological polar surface area (TPSA) is 40.6 Å². The third-order valence-corrected chi connectivity index (χ3v) is 5.12. The van der Waals surface area contributed by atoms with Crippen molar-refractivity contribution in [3.05, 3.63) is 59.7 Å². The highest BCUT2D eigenvalue weighted by Gasteiger charge is 2.27. The zero-order valence-corrected chi connectivity index (χ0v) is 14.7. The summed E-state index contributed by atoms with van der Waals surface area (Å²) in [5.41, 5.74) is 3.11. The molecule has 2 aromatic carbocycles. The highest BCUT2D eigenvalue weighted by molar-refractivity contribution is 8.00. The summed E-state index contributed by atoms with van der Waals surface area (Å²) in [6.07, 6.45) is 0. The molecule has 0 aliphatic carbocycles. The number of aryl methyl sites for hydroxylation is 1. The molecule has 0 unspecified atom stereocenters. The number of benzene rings is 2. The molecule has 0 fully saturated rings. The minimum atomic E-state index is -0.0642. The van der Waals surface area contributed by atoms with Crippen LogP contribution in [0.15, 0.2) is 53.4 Å². The van der Waals surface area contributed by atoms with Crippen molar-refractivity contribution in [2.24, 2.45) is 0 Å². The smallest absolute Gasteiger partial charge is 0.242 e. The molecule has 0 saturated carbocycles. The Morgan fingerprint density at radius 3 is 2.62 bits per heavy atom. The summed E-state index contributed by atoms with van der Waals surface area (Å²) in [4.78, 5) is 29.1. The maximum absolute atomic E-state index is 12.6. The summed E-state index contributed by atoms with van der Waals surface area (Å²) in [7, 11) is 1.78. The van der Waals surface area contributed by atoms with Crippen molar-refractivity contribution in [2.45, 2.75) is 18.4 Å². The van der Waals surface area contributed by atoms with Crippen molar-refractivity contribution in [3.8, 4) is 0 Å². The van der Waals surface area contributed by atoms with Gasteiger partial charge in [0.25, 0.3) is 0 Å². The van der Waals surface area contributed by atoms with Crippen LogP contribution in [0.25, 0.3) is 0 Å². The van der Waals surface area contributed by atoms with Crippen molar-refractivity contribution in [1.82, 2.24) is 4.90 Å². The molecule has 0 spiro atoms. The van der Waals surface area contributed by atoms with Gasteiger partial charge >= 0.3 is 0 Å². The molecule has 0 N–H and O–H groups in total. The van der Waals surface area contributed by atoms with Crippen molar-refractivity contribution < 1.29 is 9.59 Å². The molecule has 0 bridgehead atoms. The molecule has 4 nitrogen and oxygen atoms in total. The van der Waals surface area contributed by atoms with Crippen LogP contribution in [0.5, 0.6) is 0 Å². The predicted octanol–water partition coefficient (Wildman–Crippen LogP) is 3.09. The van der Waals surface area contributed by atoms with Gasteiger partial charge in [-0.1, -0.05) is 42.0 Å². The highest BCUT2D eigenvalue weighted by Crippen LogP contribution is 2.34. The number of fused-ring (bicyclic) bond motifs is 1. The Morgan fingerprint density at radius 1 is 1.17 bits per heavy atom. The number of anilines is 1. The number of hydrogen-bond donors (Lipinski definition) is 0. The second-order valence-corrected chi connectivity index (χ2v) is 6.99. The molecule has 1 aliphatic heterocycles. The van der Waals surface area contributed by atoms with Gasteiger partial charge in [-0.05, 0) is 24.6 Å². The van der Waals surface area contributed by atoms with Gasteiger partial charge in [-0.3, -0.25) is 9.59 Å². The van der Waals surface area contributed by atoms with Crippen LogP contribution in [-0.2, 0) is 16.1 Å². The largest absolute Gasteiger partial charge is 0.340 e. The van der Waals surface area contributed by atoms with Crippen LogP contribution in [0.2, 0.25) is 0 Å². The number of hydrogen-bond acceptors (Lipinski definition) is 3. The third-order valence-electron chi connectivity index (χ3n) is 4.07. The first kappa shape index (κ1) is 16.6. The first-order chi connectivity index (χ1) is 11.5. The number of rotatable bonds is 4. The van der Waals surface area contributed by atoms with E-state index in [0.29, 0.717) is 12.3 Å². The molecule has 5 heteroatoms. The Kier molecular flexibility index (Phi) is 4.90. The van der Waals surface area contributed by atoms with E-state index in [0.717, 1.165) is 16.1 Å². The van der Waals surface area contributed by atoms with Gasteiger partial charge in [0.2, 0.25) is 11.8 Å². The van der Waals surface area contributed by atoms with Crippen LogP contribution in [0.3, 0.4) is 0 Å². The molecule has 24 heavy (non-hydrogen) atoms. The van der Waals surface area contributed by atoms with Gasteiger partial charge in [0.05, 0.1) is 11.4 Å². The number of carbonyl (C=O) groups excluding carboxylic acids is 2. The van der Waals surface area contributed by atoms with Gasteiger partial charge in [-0.15, -0.1) is 11.8 Å². The second-order valence-electron chi connectivity index (χ2n) is 5.97. The van der Waals surface area contributed by atoms with Gasteiger partial charge in [-0.25, -0.2) is 0 Å². The van der Waals surface area contributed by atoms with Crippen molar-refractivity contribution in [1.29, 1.82) is 0 Å². The Hall–Kier alpha value is -2.27. The van der Waals surface area contributed by atoms with Crippen molar-refractivity contribution >= 4 is 29.3 Å². The minimum absolute atomic E-state index is 0.0178. The van der Waals surface area contributed by atoms with Gasteiger partial charge in [0.15, 0.2) is 0 Å². The first-order valence-electron chi connectivity index (χ1n) is 7.86. The standard InChI is InChI=1S/C19H20N2O2S/c1-14-7-9-15(10-8-14)11-20(2)18(22)12-21-16-5-3-4-6-17(16)24-13-19(21)23/h3-10H,11-13H2,1-2H3.